The average Bonchev–Trinajstić information content (AvgIpc) is 3.18. The number of fused-ring (bicyclic) bond motifs is 1. The SMILES string of the molecule is CC(N)C(=O)NC(CO)C(=O)NC(Cc1c[nH]c2ccccc12)C(=O)NC(CC(N)=O)C(=O)O. The van der Waals surface area contributed by atoms with Gasteiger partial charge in [0.2, 0.25) is 23.6 Å². The van der Waals surface area contributed by atoms with Crippen molar-refractivity contribution in [3.8, 4) is 0 Å². The number of aliphatic carboxylic acids is 1. The van der Waals surface area contributed by atoms with Gasteiger partial charge in [0.1, 0.15) is 18.1 Å². The quantitative estimate of drug-likeness (QED) is 0.162. The Kier molecular flexibility index (Phi) is 9.10. The van der Waals surface area contributed by atoms with Gasteiger partial charge in [0.25, 0.3) is 0 Å². The molecular weight excluding hydrogens is 448 g/mol. The topological polar surface area (TPSA) is 230 Å². The molecule has 4 unspecified atom stereocenters. The molecule has 0 saturated heterocycles. The number of carboxylic acids is 1. The number of nitrogens with one attached hydrogen (secondary N) is 4. The number of H-pyrrole nitrogens is 1. The monoisotopic (exact) mass is 476 g/mol. The van der Waals surface area contributed by atoms with Gasteiger partial charge in [-0.15, -0.1) is 0 Å². The van der Waals surface area contributed by atoms with Crippen molar-refractivity contribution in [2.45, 2.75) is 43.9 Å². The van der Waals surface area contributed by atoms with Crippen molar-refractivity contribution in [3.63, 3.8) is 0 Å². The van der Waals surface area contributed by atoms with Crippen LogP contribution in [0.25, 0.3) is 10.9 Å². The zero-order chi connectivity index (χ0) is 25.4. The molecule has 4 atom stereocenters. The molecule has 0 bridgehead atoms. The average molecular weight is 476 g/mol. The summed E-state index contributed by atoms with van der Waals surface area (Å²) in [6.07, 6.45) is 0.916. The first-order chi connectivity index (χ1) is 16.0. The number of para-hydroxylation sites is 1. The molecular formula is C21H28N6O7. The summed E-state index contributed by atoms with van der Waals surface area (Å²) in [6, 6.07) is 1.92. The lowest BCUT2D eigenvalue weighted by molar-refractivity contribution is -0.143. The van der Waals surface area contributed by atoms with Gasteiger partial charge >= 0.3 is 5.97 Å². The lowest BCUT2D eigenvalue weighted by Gasteiger charge is -2.24. The highest BCUT2D eigenvalue weighted by atomic mass is 16.4. The van der Waals surface area contributed by atoms with Crippen molar-refractivity contribution in [1.29, 1.82) is 0 Å². The highest BCUT2D eigenvalue weighted by Gasteiger charge is 2.31. The Morgan fingerprint density at radius 1 is 0.971 bits per heavy atom. The number of hydrogen-bond donors (Lipinski definition) is 8. The van der Waals surface area contributed by atoms with Gasteiger partial charge in [0.05, 0.1) is 19.1 Å². The van der Waals surface area contributed by atoms with Gasteiger partial charge in [-0.25, -0.2) is 4.79 Å². The fraction of sp³-hybridized carbons (Fsp3) is 0.381. The predicted octanol–water partition coefficient (Wildman–Crippen LogP) is -2.54. The fourth-order valence-electron chi connectivity index (χ4n) is 3.17. The molecule has 0 radical (unpaired) electrons. The Morgan fingerprint density at radius 3 is 2.15 bits per heavy atom. The number of aliphatic hydroxyl groups excluding tert-OH is 1. The first-order valence-electron chi connectivity index (χ1n) is 10.4. The molecule has 0 saturated carbocycles. The van der Waals surface area contributed by atoms with E-state index in [0.29, 0.717) is 5.56 Å². The number of aromatic nitrogens is 1. The first kappa shape index (κ1) is 26.3. The van der Waals surface area contributed by atoms with Crippen LogP contribution in [-0.4, -0.2) is 75.6 Å². The number of aromatic amines is 1. The molecule has 0 fully saturated rings. The number of hydrogen-bond acceptors (Lipinski definition) is 7. The van der Waals surface area contributed by atoms with E-state index in [2.05, 4.69) is 20.9 Å². The van der Waals surface area contributed by atoms with Crippen molar-refractivity contribution in [2.75, 3.05) is 6.61 Å². The minimum Gasteiger partial charge on any atom is -0.480 e. The summed E-state index contributed by atoms with van der Waals surface area (Å²) in [5, 5.41) is 26.5. The molecule has 184 valence electrons. The van der Waals surface area contributed by atoms with E-state index in [1.807, 2.05) is 12.1 Å². The molecule has 34 heavy (non-hydrogen) atoms. The van der Waals surface area contributed by atoms with E-state index in [1.54, 1.807) is 18.3 Å². The van der Waals surface area contributed by atoms with E-state index in [4.69, 9.17) is 11.5 Å². The van der Waals surface area contributed by atoms with Gasteiger partial charge in [-0.3, -0.25) is 19.2 Å². The third-order valence-corrected chi connectivity index (χ3v) is 4.98. The van der Waals surface area contributed by atoms with Crippen LogP contribution in [0.4, 0.5) is 0 Å². The molecule has 0 spiro atoms. The van der Waals surface area contributed by atoms with E-state index >= 15 is 0 Å². The Balaban J connectivity index is 2.29. The first-order valence-corrected chi connectivity index (χ1v) is 10.4. The molecule has 13 heteroatoms. The number of amides is 4. The maximum Gasteiger partial charge on any atom is 0.326 e. The minimum absolute atomic E-state index is 0.0656. The molecule has 1 heterocycles. The van der Waals surface area contributed by atoms with Crippen molar-refractivity contribution in [2.24, 2.45) is 11.5 Å². The Bertz CT molecular complexity index is 1070. The molecule has 13 nitrogen and oxygen atoms in total. The largest absolute Gasteiger partial charge is 0.480 e. The number of rotatable bonds is 12. The lowest BCUT2D eigenvalue weighted by atomic mass is 10.0. The third kappa shape index (κ3) is 7.02. The van der Waals surface area contributed by atoms with Crippen LogP contribution in [-0.2, 0) is 30.4 Å². The second-order valence-electron chi connectivity index (χ2n) is 7.73. The summed E-state index contributed by atoms with van der Waals surface area (Å²) in [7, 11) is 0. The van der Waals surface area contributed by atoms with Crippen LogP contribution in [0.5, 0.6) is 0 Å². The molecule has 1 aromatic carbocycles. The van der Waals surface area contributed by atoms with E-state index in [9.17, 15) is 34.2 Å². The van der Waals surface area contributed by atoms with Crippen LogP contribution < -0.4 is 27.4 Å². The van der Waals surface area contributed by atoms with Gasteiger partial charge in [0.15, 0.2) is 0 Å². The number of nitrogens with two attached hydrogens (primary N) is 2. The number of carbonyl (C=O) groups is 5. The summed E-state index contributed by atoms with van der Waals surface area (Å²) in [5.74, 6) is -4.91. The summed E-state index contributed by atoms with van der Waals surface area (Å²) in [6.45, 7) is 0.616. The van der Waals surface area contributed by atoms with Crippen LogP contribution in [0.2, 0.25) is 0 Å². The van der Waals surface area contributed by atoms with Crippen LogP contribution >= 0.6 is 0 Å². The smallest absolute Gasteiger partial charge is 0.326 e. The second-order valence-corrected chi connectivity index (χ2v) is 7.73. The molecule has 2 rings (SSSR count). The van der Waals surface area contributed by atoms with Crippen molar-refractivity contribution in [1.82, 2.24) is 20.9 Å². The Hall–Kier alpha value is -3.97. The molecule has 2 aromatic rings. The highest BCUT2D eigenvalue weighted by Crippen LogP contribution is 2.19. The summed E-state index contributed by atoms with van der Waals surface area (Å²) < 4.78 is 0. The number of carbonyl (C=O) groups excluding carboxylic acids is 4. The zero-order valence-electron chi connectivity index (χ0n) is 18.4. The predicted molar refractivity (Wildman–Crippen MR) is 120 cm³/mol. The maximum atomic E-state index is 13.0. The molecule has 4 amide bonds. The Morgan fingerprint density at radius 2 is 1.56 bits per heavy atom. The van der Waals surface area contributed by atoms with Gasteiger partial charge < -0.3 is 42.6 Å². The van der Waals surface area contributed by atoms with Crippen molar-refractivity contribution in [3.05, 3.63) is 36.0 Å². The number of aliphatic hydroxyl groups is 1. The minimum atomic E-state index is -1.61. The lowest BCUT2D eigenvalue weighted by Crippen LogP contribution is -2.58. The van der Waals surface area contributed by atoms with Gasteiger partial charge in [-0.2, -0.15) is 0 Å². The normalized spacial score (nSPS) is 14.4. The van der Waals surface area contributed by atoms with Crippen LogP contribution in [0.3, 0.4) is 0 Å². The third-order valence-electron chi connectivity index (χ3n) is 4.98. The van der Waals surface area contributed by atoms with Crippen molar-refractivity contribution < 1.29 is 34.2 Å². The molecule has 0 aliphatic carbocycles. The zero-order valence-corrected chi connectivity index (χ0v) is 18.4. The molecule has 10 N–H and O–H groups in total. The molecule has 1 aromatic heterocycles. The van der Waals surface area contributed by atoms with Gasteiger partial charge in [-0.05, 0) is 18.6 Å². The van der Waals surface area contributed by atoms with E-state index in [1.165, 1.54) is 6.92 Å². The number of carboxylic acid groups (broad SMARTS) is 1. The summed E-state index contributed by atoms with van der Waals surface area (Å²) >= 11 is 0. The standard InChI is InChI=1S/C21H28N6O7/c1-10(22)18(30)27-16(9-28)20(32)25-14(19(31)26-15(21(33)34)7-17(23)29)6-11-8-24-13-5-3-2-4-12(11)13/h2-5,8,10,14-16,24,28H,6-7,9,22H2,1H3,(H2,23,29)(H,25,32)(H,26,31)(H,27,30)(H,33,34). The Labute approximate surface area is 194 Å². The number of benzene rings is 1. The maximum absolute atomic E-state index is 13.0. The van der Waals surface area contributed by atoms with E-state index in [-0.39, 0.29) is 6.42 Å². The van der Waals surface area contributed by atoms with E-state index in [0.717, 1.165) is 10.9 Å². The van der Waals surface area contributed by atoms with Crippen LogP contribution in [0, 0.1) is 0 Å². The number of primary amides is 1. The second kappa shape index (κ2) is 11.8. The fourth-order valence-corrected chi connectivity index (χ4v) is 3.17. The van der Waals surface area contributed by atoms with Crippen LogP contribution in [0.15, 0.2) is 30.5 Å². The highest BCUT2D eigenvalue weighted by molar-refractivity contribution is 5.95. The van der Waals surface area contributed by atoms with Crippen molar-refractivity contribution >= 4 is 40.5 Å². The molecule has 0 aliphatic heterocycles. The van der Waals surface area contributed by atoms with E-state index < -0.39 is 66.8 Å². The molecule has 0 aliphatic rings. The summed E-state index contributed by atoms with van der Waals surface area (Å²) in [4.78, 5) is 63.2. The van der Waals surface area contributed by atoms with Gasteiger partial charge in [0, 0.05) is 23.5 Å². The van der Waals surface area contributed by atoms with Gasteiger partial charge in [-0.1, -0.05) is 18.2 Å². The van der Waals surface area contributed by atoms with Crippen LogP contribution in [0.1, 0.15) is 18.9 Å². The summed E-state index contributed by atoms with van der Waals surface area (Å²) in [5.41, 5.74) is 11.9.